The monoisotopic (exact) mass is 498 g/mol. The third-order valence-corrected chi connectivity index (χ3v) is 6.01. The molecule has 1 aliphatic rings. The fourth-order valence-electron chi connectivity index (χ4n) is 4.19. The lowest BCUT2D eigenvalue weighted by molar-refractivity contribution is 0.0734. The van der Waals surface area contributed by atoms with Crippen molar-refractivity contribution in [3.05, 3.63) is 94.9 Å². The van der Waals surface area contributed by atoms with Crippen molar-refractivity contribution < 1.29 is 23.7 Å². The average molecular weight is 499 g/mol. The second kappa shape index (κ2) is 12.0. The summed E-state index contributed by atoms with van der Waals surface area (Å²) in [4.78, 5) is 12.7. The van der Waals surface area contributed by atoms with Crippen LogP contribution in [-0.4, -0.2) is 19.2 Å². The number of allylic oxidation sites excluding steroid dienone is 1. The van der Waals surface area contributed by atoms with Crippen molar-refractivity contribution in [2.45, 2.75) is 39.0 Å². The Labute approximate surface area is 217 Å². The van der Waals surface area contributed by atoms with Crippen LogP contribution in [0.25, 0.3) is 0 Å². The molecule has 0 radical (unpaired) electrons. The summed E-state index contributed by atoms with van der Waals surface area (Å²) >= 11 is 0. The summed E-state index contributed by atoms with van der Waals surface area (Å²) in [7, 11) is 0. The van der Waals surface area contributed by atoms with Gasteiger partial charge in [-0.25, -0.2) is 4.79 Å². The van der Waals surface area contributed by atoms with E-state index in [9.17, 15) is 10.1 Å². The standard InChI is InChI=1S/C30H30N2O5/c1-3-5-6-16-35-23-9-7-8-21(17-23)28-25-15-14-24(18-27(25)37-29(32)26(28)19-31)36-30(33)20-10-12-22(13-11-20)34-4-2/h7-15,17-18,28H,3-6,16,32H2,1-2H3. The summed E-state index contributed by atoms with van der Waals surface area (Å²) in [5.74, 6) is 1.21. The third-order valence-electron chi connectivity index (χ3n) is 6.01. The van der Waals surface area contributed by atoms with Gasteiger partial charge < -0.3 is 24.7 Å². The number of hydrogen-bond donors (Lipinski definition) is 1. The van der Waals surface area contributed by atoms with Crippen LogP contribution in [0.1, 0.15) is 60.5 Å². The maximum atomic E-state index is 12.7. The zero-order chi connectivity index (χ0) is 26.2. The molecule has 3 aromatic rings. The first-order chi connectivity index (χ1) is 18.0. The number of ether oxygens (including phenoxy) is 4. The average Bonchev–Trinajstić information content (AvgIpc) is 2.91. The number of nitrogens with zero attached hydrogens (tertiary/aromatic N) is 1. The molecule has 4 rings (SSSR count). The third kappa shape index (κ3) is 6.04. The molecule has 0 saturated carbocycles. The van der Waals surface area contributed by atoms with E-state index in [2.05, 4.69) is 13.0 Å². The number of hydrogen-bond acceptors (Lipinski definition) is 7. The van der Waals surface area contributed by atoms with Gasteiger partial charge in [-0.15, -0.1) is 0 Å². The van der Waals surface area contributed by atoms with Gasteiger partial charge in [-0.3, -0.25) is 0 Å². The van der Waals surface area contributed by atoms with E-state index >= 15 is 0 Å². The second-order valence-electron chi connectivity index (χ2n) is 8.60. The molecule has 0 aromatic heterocycles. The Kier molecular flexibility index (Phi) is 8.32. The number of carbonyl (C=O) groups is 1. The molecule has 0 bridgehead atoms. The number of unbranched alkanes of at least 4 members (excludes halogenated alkanes) is 2. The highest BCUT2D eigenvalue weighted by Crippen LogP contribution is 2.44. The molecule has 0 fully saturated rings. The summed E-state index contributed by atoms with van der Waals surface area (Å²) in [5.41, 5.74) is 8.46. The number of esters is 1. The quantitative estimate of drug-likeness (QED) is 0.205. The van der Waals surface area contributed by atoms with E-state index in [0.717, 1.165) is 36.1 Å². The second-order valence-corrected chi connectivity index (χ2v) is 8.60. The number of carbonyl (C=O) groups excluding carboxylic acids is 1. The largest absolute Gasteiger partial charge is 0.494 e. The molecule has 190 valence electrons. The molecule has 1 unspecified atom stereocenters. The van der Waals surface area contributed by atoms with Crippen molar-refractivity contribution in [2.24, 2.45) is 5.73 Å². The van der Waals surface area contributed by atoms with Crippen LogP contribution in [0.4, 0.5) is 0 Å². The molecular weight excluding hydrogens is 468 g/mol. The Balaban J connectivity index is 1.57. The Hall–Kier alpha value is -4.44. The van der Waals surface area contributed by atoms with Crippen molar-refractivity contribution in [1.82, 2.24) is 0 Å². The first-order valence-electron chi connectivity index (χ1n) is 12.4. The van der Waals surface area contributed by atoms with Crippen molar-refractivity contribution in [2.75, 3.05) is 13.2 Å². The summed E-state index contributed by atoms with van der Waals surface area (Å²) in [5, 5.41) is 9.86. The smallest absolute Gasteiger partial charge is 0.343 e. The maximum absolute atomic E-state index is 12.7. The van der Waals surface area contributed by atoms with Gasteiger partial charge in [0.05, 0.1) is 24.7 Å². The minimum Gasteiger partial charge on any atom is -0.494 e. The minimum atomic E-state index is -0.510. The Morgan fingerprint density at radius 1 is 0.973 bits per heavy atom. The zero-order valence-corrected chi connectivity index (χ0v) is 21.0. The van der Waals surface area contributed by atoms with E-state index in [1.807, 2.05) is 31.2 Å². The molecule has 0 aliphatic carbocycles. The number of nitrogens with two attached hydrogens (primary N) is 1. The van der Waals surface area contributed by atoms with E-state index < -0.39 is 11.9 Å². The first kappa shape index (κ1) is 25.6. The predicted molar refractivity (Wildman–Crippen MR) is 140 cm³/mol. The van der Waals surface area contributed by atoms with Crippen LogP contribution < -0.4 is 24.7 Å². The topological polar surface area (TPSA) is 104 Å². The first-order valence-corrected chi connectivity index (χ1v) is 12.4. The van der Waals surface area contributed by atoms with Gasteiger partial charge in [-0.1, -0.05) is 38.0 Å². The van der Waals surface area contributed by atoms with Crippen molar-refractivity contribution in [1.29, 1.82) is 5.26 Å². The van der Waals surface area contributed by atoms with Crippen LogP contribution in [-0.2, 0) is 0 Å². The number of rotatable bonds is 10. The molecule has 3 aromatic carbocycles. The van der Waals surface area contributed by atoms with Gasteiger partial charge in [0, 0.05) is 11.6 Å². The molecule has 7 heteroatoms. The van der Waals surface area contributed by atoms with Gasteiger partial charge in [-0.2, -0.15) is 5.26 Å². The summed E-state index contributed by atoms with van der Waals surface area (Å²) in [6.45, 7) is 5.22. The van der Waals surface area contributed by atoms with Gasteiger partial charge in [0.1, 0.15) is 34.6 Å². The van der Waals surface area contributed by atoms with Gasteiger partial charge in [0.2, 0.25) is 5.88 Å². The van der Waals surface area contributed by atoms with Crippen LogP contribution in [0.15, 0.2) is 78.2 Å². The van der Waals surface area contributed by atoms with Gasteiger partial charge in [-0.05, 0) is 61.4 Å². The highest BCUT2D eigenvalue weighted by molar-refractivity contribution is 5.91. The Bertz CT molecular complexity index is 1320. The van der Waals surface area contributed by atoms with Crippen molar-refractivity contribution in [3.8, 4) is 29.1 Å². The lowest BCUT2D eigenvalue weighted by Gasteiger charge is -2.27. The lowest BCUT2D eigenvalue weighted by Crippen LogP contribution is -2.21. The normalized spacial score (nSPS) is 14.2. The molecule has 1 heterocycles. The van der Waals surface area contributed by atoms with Gasteiger partial charge >= 0.3 is 5.97 Å². The van der Waals surface area contributed by atoms with Crippen molar-refractivity contribution >= 4 is 5.97 Å². The lowest BCUT2D eigenvalue weighted by atomic mass is 9.83. The molecule has 1 atom stereocenters. The van der Waals surface area contributed by atoms with E-state index in [1.165, 1.54) is 0 Å². The van der Waals surface area contributed by atoms with Crippen LogP contribution in [0.2, 0.25) is 0 Å². The molecule has 0 spiro atoms. The molecule has 7 nitrogen and oxygen atoms in total. The highest BCUT2D eigenvalue weighted by Gasteiger charge is 2.31. The van der Waals surface area contributed by atoms with Crippen LogP contribution in [0, 0.1) is 11.3 Å². The van der Waals surface area contributed by atoms with Gasteiger partial charge in [0.15, 0.2) is 0 Å². The number of benzene rings is 3. The van der Waals surface area contributed by atoms with Crippen molar-refractivity contribution in [3.63, 3.8) is 0 Å². The van der Waals surface area contributed by atoms with Crippen LogP contribution in [0.5, 0.6) is 23.0 Å². The van der Waals surface area contributed by atoms with Crippen LogP contribution in [0.3, 0.4) is 0 Å². The van der Waals surface area contributed by atoms with Crippen LogP contribution >= 0.6 is 0 Å². The summed E-state index contributed by atoms with van der Waals surface area (Å²) < 4.78 is 22.7. The zero-order valence-electron chi connectivity index (χ0n) is 21.0. The number of nitriles is 1. The number of fused-ring (bicyclic) bond motifs is 1. The molecular formula is C30H30N2O5. The predicted octanol–water partition coefficient (Wildman–Crippen LogP) is 6.09. The minimum absolute atomic E-state index is 0.0178. The molecule has 37 heavy (non-hydrogen) atoms. The molecule has 0 saturated heterocycles. The summed E-state index contributed by atoms with van der Waals surface area (Å²) in [6.07, 6.45) is 3.21. The molecule has 2 N–H and O–H groups in total. The highest BCUT2D eigenvalue weighted by atomic mass is 16.5. The van der Waals surface area contributed by atoms with E-state index in [1.54, 1.807) is 42.5 Å². The van der Waals surface area contributed by atoms with E-state index in [-0.39, 0.29) is 5.88 Å². The molecule has 1 aliphatic heterocycles. The van der Waals surface area contributed by atoms with E-state index in [0.29, 0.717) is 41.6 Å². The Morgan fingerprint density at radius 2 is 1.76 bits per heavy atom. The van der Waals surface area contributed by atoms with Gasteiger partial charge in [0.25, 0.3) is 0 Å². The Morgan fingerprint density at radius 3 is 2.49 bits per heavy atom. The fraction of sp³-hybridized carbons (Fsp3) is 0.267. The maximum Gasteiger partial charge on any atom is 0.343 e. The SMILES string of the molecule is CCCCCOc1cccc(C2C(C#N)=C(N)Oc3cc(OC(=O)c4ccc(OCC)cc4)ccc32)c1. The molecule has 0 amide bonds. The fourth-order valence-corrected chi connectivity index (χ4v) is 4.19. The van der Waals surface area contributed by atoms with E-state index in [4.69, 9.17) is 24.7 Å². The summed E-state index contributed by atoms with van der Waals surface area (Å²) in [6, 6.07) is 21.7.